The lowest BCUT2D eigenvalue weighted by Gasteiger charge is -2.47. The van der Waals surface area contributed by atoms with Crippen molar-refractivity contribution in [2.45, 2.75) is 107 Å². The topological polar surface area (TPSA) is 98.7 Å². The van der Waals surface area contributed by atoms with Gasteiger partial charge in [-0.1, -0.05) is 79.9 Å². The van der Waals surface area contributed by atoms with Crippen molar-refractivity contribution in [3.63, 3.8) is 0 Å². The van der Waals surface area contributed by atoms with Crippen molar-refractivity contribution in [2.75, 3.05) is 0 Å². The molecule has 6 nitrogen and oxygen atoms in total. The molecule has 3 aliphatic carbocycles. The molecule has 0 aromatic heterocycles. The van der Waals surface area contributed by atoms with Gasteiger partial charge in [-0.25, -0.2) is 0 Å². The molecule has 6 heteroatoms. The first-order valence-corrected chi connectivity index (χ1v) is 14.5. The van der Waals surface area contributed by atoms with Crippen molar-refractivity contribution in [1.82, 2.24) is 10.6 Å². The summed E-state index contributed by atoms with van der Waals surface area (Å²) in [5, 5.41) is 29.0. The highest BCUT2D eigenvalue weighted by molar-refractivity contribution is 6.05. The molecule has 0 spiro atoms. The van der Waals surface area contributed by atoms with Crippen LogP contribution in [-0.2, 0) is 22.4 Å². The van der Waals surface area contributed by atoms with E-state index in [1.807, 2.05) is 60.7 Å². The predicted molar refractivity (Wildman–Crippen MR) is 147 cm³/mol. The number of amides is 2. The molecule has 3 saturated carbocycles. The van der Waals surface area contributed by atoms with Gasteiger partial charge in [-0.05, 0) is 75.3 Å². The molecule has 2 aromatic rings. The first-order valence-electron chi connectivity index (χ1n) is 14.5. The monoisotopic (exact) mass is 518 g/mol. The summed E-state index contributed by atoms with van der Waals surface area (Å²) in [5.74, 6) is -0.565. The van der Waals surface area contributed by atoms with Crippen molar-refractivity contribution in [1.29, 1.82) is 0 Å². The quantitative estimate of drug-likeness (QED) is 0.354. The Kier molecular flexibility index (Phi) is 7.92. The molecule has 38 heavy (non-hydrogen) atoms. The fourth-order valence-electron chi connectivity index (χ4n) is 6.53. The highest BCUT2D eigenvalue weighted by Gasteiger charge is 2.52. The molecule has 0 unspecified atom stereocenters. The van der Waals surface area contributed by atoms with Crippen molar-refractivity contribution in [3.8, 4) is 0 Å². The van der Waals surface area contributed by atoms with Crippen molar-refractivity contribution in [3.05, 3.63) is 71.8 Å². The van der Waals surface area contributed by atoms with E-state index in [2.05, 4.69) is 10.6 Å². The Morgan fingerprint density at radius 3 is 1.34 bits per heavy atom. The van der Waals surface area contributed by atoms with E-state index in [1.165, 1.54) is 0 Å². The number of aliphatic hydroxyl groups is 2. The average Bonchev–Trinajstić information content (AvgIpc) is 2.91. The van der Waals surface area contributed by atoms with Crippen LogP contribution in [0.3, 0.4) is 0 Å². The SMILES string of the molecule is O=C(N[C@H](Cc1ccccc1)C1(O)CCC1)C1(C(=O)N[C@H](Cc2ccccc2)C2(O)CCC2)CCCCC1. The van der Waals surface area contributed by atoms with E-state index >= 15 is 0 Å². The largest absolute Gasteiger partial charge is 0.388 e. The van der Waals surface area contributed by atoms with Crippen LogP contribution in [0.2, 0.25) is 0 Å². The Hall–Kier alpha value is -2.70. The molecule has 3 aliphatic rings. The number of carbonyl (C=O) groups is 2. The molecule has 5 rings (SSSR count). The Balaban J connectivity index is 1.37. The third kappa shape index (κ3) is 5.52. The van der Waals surface area contributed by atoms with Gasteiger partial charge >= 0.3 is 0 Å². The second kappa shape index (κ2) is 11.2. The first-order chi connectivity index (χ1) is 18.3. The smallest absolute Gasteiger partial charge is 0.236 e. The van der Waals surface area contributed by atoms with Gasteiger partial charge in [0.25, 0.3) is 0 Å². The minimum atomic E-state index is -1.19. The van der Waals surface area contributed by atoms with Gasteiger partial charge in [-0.15, -0.1) is 0 Å². The van der Waals surface area contributed by atoms with Crippen molar-refractivity contribution in [2.24, 2.45) is 5.41 Å². The van der Waals surface area contributed by atoms with E-state index in [9.17, 15) is 19.8 Å². The third-order valence-electron chi connectivity index (χ3n) is 9.49. The van der Waals surface area contributed by atoms with Crippen LogP contribution >= 0.6 is 0 Å². The van der Waals surface area contributed by atoms with E-state index in [1.54, 1.807) is 0 Å². The molecule has 0 heterocycles. The number of benzene rings is 2. The summed E-state index contributed by atoms with van der Waals surface area (Å²) in [6.45, 7) is 0. The zero-order valence-corrected chi connectivity index (χ0v) is 22.3. The minimum Gasteiger partial charge on any atom is -0.388 e. The maximum atomic E-state index is 14.1. The van der Waals surface area contributed by atoms with Crippen LogP contribution in [0.15, 0.2) is 60.7 Å². The molecule has 204 valence electrons. The average molecular weight is 519 g/mol. The van der Waals surface area contributed by atoms with Crippen LogP contribution in [0.25, 0.3) is 0 Å². The predicted octanol–water partition coefficient (Wildman–Crippen LogP) is 4.22. The summed E-state index contributed by atoms with van der Waals surface area (Å²) in [5.41, 5.74) is -0.989. The van der Waals surface area contributed by atoms with Crippen molar-refractivity contribution >= 4 is 11.8 Å². The number of hydrogen-bond donors (Lipinski definition) is 4. The normalized spacial score (nSPS) is 22.7. The molecule has 4 N–H and O–H groups in total. The van der Waals surface area contributed by atoms with Gasteiger partial charge in [0.1, 0.15) is 5.41 Å². The lowest BCUT2D eigenvalue weighted by Crippen LogP contribution is -2.64. The van der Waals surface area contributed by atoms with E-state index in [4.69, 9.17) is 0 Å². The maximum Gasteiger partial charge on any atom is 0.236 e. The van der Waals surface area contributed by atoms with E-state index in [0.29, 0.717) is 51.4 Å². The molecule has 2 atom stereocenters. The number of rotatable bonds is 10. The molecule has 0 radical (unpaired) electrons. The second-order valence-electron chi connectivity index (χ2n) is 12.0. The first kappa shape index (κ1) is 26.9. The fraction of sp³-hybridized carbons (Fsp3) is 0.562. The molecule has 2 aromatic carbocycles. The van der Waals surface area contributed by atoms with Crippen LogP contribution in [0.1, 0.15) is 81.8 Å². The Labute approximate surface area is 226 Å². The zero-order valence-electron chi connectivity index (χ0n) is 22.3. The Morgan fingerprint density at radius 2 is 1.00 bits per heavy atom. The molecule has 2 amide bonds. The van der Waals surface area contributed by atoms with Crippen LogP contribution in [0.4, 0.5) is 0 Å². The van der Waals surface area contributed by atoms with Gasteiger partial charge in [-0.2, -0.15) is 0 Å². The number of carbonyl (C=O) groups excluding carboxylic acids is 2. The van der Waals surface area contributed by atoms with Gasteiger partial charge in [0.15, 0.2) is 0 Å². The van der Waals surface area contributed by atoms with Crippen LogP contribution < -0.4 is 10.6 Å². The lowest BCUT2D eigenvalue weighted by atomic mass is 9.69. The number of hydrogen-bond acceptors (Lipinski definition) is 4. The summed E-state index contributed by atoms with van der Waals surface area (Å²) in [6.07, 6.45) is 9.09. The van der Waals surface area contributed by atoms with Crippen LogP contribution in [-0.4, -0.2) is 45.3 Å². The second-order valence-corrected chi connectivity index (χ2v) is 12.0. The summed E-state index contributed by atoms with van der Waals surface area (Å²) in [4.78, 5) is 28.2. The molecule has 0 bridgehead atoms. The molecule has 3 fully saturated rings. The van der Waals surface area contributed by atoms with Gasteiger partial charge in [0, 0.05) is 0 Å². The molecule has 0 aliphatic heterocycles. The minimum absolute atomic E-state index is 0.282. The highest BCUT2D eigenvalue weighted by atomic mass is 16.3. The zero-order chi connectivity index (χ0) is 26.6. The van der Waals surface area contributed by atoms with Gasteiger partial charge in [-0.3, -0.25) is 9.59 Å². The summed E-state index contributed by atoms with van der Waals surface area (Å²) in [6, 6.07) is 18.9. The van der Waals surface area contributed by atoms with E-state index in [0.717, 1.165) is 43.2 Å². The number of nitrogens with one attached hydrogen (secondary N) is 2. The lowest BCUT2D eigenvalue weighted by molar-refractivity contribution is -0.152. The highest BCUT2D eigenvalue weighted by Crippen LogP contribution is 2.41. The van der Waals surface area contributed by atoms with Crippen LogP contribution in [0.5, 0.6) is 0 Å². The van der Waals surface area contributed by atoms with Crippen LogP contribution in [0, 0.1) is 5.41 Å². The van der Waals surface area contributed by atoms with Gasteiger partial charge in [0.2, 0.25) is 11.8 Å². The molecular weight excluding hydrogens is 476 g/mol. The fourth-order valence-corrected chi connectivity index (χ4v) is 6.53. The summed E-state index contributed by atoms with van der Waals surface area (Å²) < 4.78 is 0. The standard InChI is InChI=1S/C32H42N2O4/c35-28(33-26(31(37)18-10-19-31)22-24-12-4-1-5-13-24)30(16-8-3-9-17-30)29(36)34-27(32(38)20-11-21-32)23-25-14-6-2-7-15-25/h1-2,4-7,12-15,26-27,37-38H,3,8-11,16-23H2,(H,33,35)(H,34,36)/t26-,27-/m1/s1. The summed E-state index contributed by atoms with van der Waals surface area (Å²) >= 11 is 0. The molecular formula is C32H42N2O4. The molecule has 0 saturated heterocycles. The van der Waals surface area contributed by atoms with Crippen molar-refractivity contribution < 1.29 is 19.8 Å². The van der Waals surface area contributed by atoms with Gasteiger partial charge in [0.05, 0.1) is 23.3 Å². The maximum absolute atomic E-state index is 14.1. The van der Waals surface area contributed by atoms with Gasteiger partial charge < -0.3 is 20.8 Å². The van der Waals surface area contributed by atoms with E-state index < -0.39 is 28.7 Å². The van der Waals surface area contributed by atoms with E-state index in [-0.39, 0.29) is 11.8 Å². The third-order valence-corrected chi connectivity index (χ3v) is 9.49. The Morgan fingerprint density at radius 1 is 0.605 bits per heavy atom. The summed E-state index contributed by atoms with van der Waals surface area (Å²) in [7, 11) is 0. The Bertz CT molecular complexity index is 1010.